The summed E-state index contributed by atoms with van der Waals surface area (Å²) in [6, 6.07) is 9.57. The second-order valence-corrected chi connectivity index (χ2v) is 7.84. The van der Waals surface area contributed by atoms with Crippen molar-refractivity contribution < 1.29 is 4.74 Å². The molecular weight excluding hydrogens is 425 g/mol. The number of hydrogen-bond acceptors (Lipinski definition) is 3. The van der Waals surface area contributed by atoms with Gasteiger partial charge in [-0.3, -0.25) is 0 Å². The topological polar surface area (TPSA) is 35.2 Å². The van der Waals surface area contributed by atoms with Crippen LogP contribution in [-0.4, -0.2) is 6.04 Å². The molecule has 0 radical (unpaired) electrons. The second-order valence-electron chi connectivity index (χ2n) is 4.33. The number of hydrogen-bond donors (Lipinski definition) is 1. The third kappa shape index (κ3) is 3.98. The molecule has 1 heterocycles. The highest BCUT2D eigenvalue weighted by atomic mass is 79.9. The molecule has 0 aliphatic rings. The Bertz CT molecular complexity index is 590. The minimum absolute atomic E-state index is 0.0831. The molecule has 6 heteroatoms. The van der Waals surface area contributed by atoms with Crippen LogP contribution in [0.3, 0.4) is 0 Å². The van der Waals surface area contributed by atoms with Crippen molar-refractivity contribution in [2.75, 3.05) is 0 Å². The first kappa shape index (κ1) is 16.3. The molecule has 2 atom stereocenters. The maximum absolute atomic E-state index is 6.20. The van der Waals surface area contributed by atoms with Crippen LogP contribution in [0.4, 0.5) is 0 Å². The second kappa shape index (κ2) is 7.27. The van der Waals surface area contributed by atoms with Crippen LogP contribution in [-0.2, 0) is 0 Å². The fraction of sp³-hybridized carbons (Fsp3) is 0.286. The molecule has 0 aliphatic carbocycles. The van der Waals surface area contributed by atoms with Crippen molar-refractivity contribution in [3.8, 4) is 5.75 Å². The van der Waals surface area contributed by atoms with Gasteiger partial charge in [0.1, 0.15) is 11.9 Å². The highest BCUT2D eigenvalue weighted by Crippen LogP contribution is 2.36. The zero-order valence-corrected chi connectivity index (χ0v) is 15.5. The van der Waals surface area contributed by atoms with Gasteiger partial charge in [0.15, 0.2) is 0 Å². The predicted octanol–water partition coefficient (Wildman–Crippen LogP) is 5.78. The normalized spacial score (nSPS) is 14.1. The van der Waals surface area contributed by atoms with Crippen LogP contribution in [0.15, 0.2) is 39.3 Å². The predicted molar refractivity (Wildman–Crippen MR) is 92.8 cm³/mol. The zero-order valence-electron chi connectivity index (χ0n) is 10.8. The fourth-order valence-corrected chi connectivity index (χ4v) is 4.07. The minimum atomic E-state index is -0.199. The average Bonchev–Trinajstić information content (AvgIpc) is 2.83. The van der Waals surface area contributed by atoms with Gasteiger partial charge in [-0.15, -0.1) is 11.3 Å². The van der Waals surface area contributed by atoms with Gasteiger partial charge in [-0.25, -0.2) is 0 Å². The Morgan fingerprint density at radius 1 is 1.30 bits per heavy atom. The van der Waals surface area contributed by atoms with Crippen LogP contribution in [0, 0.1) is 0 Å². The molecule has 1 aromatic heterocycles. The van der Waals surface area contributed by atoms with Crippen molar-refractivity contribution in [1.82, 2.24) is 0 Å². The number of nitrogens with two attached hydrogens (primary N) is 1. The summed E-state index contributed by atoms with van der Waals surface area (Å²) >= 11 is 14.5. The van der Waals surface area contributed by atoms with E-state index in [4.69, 9.17) is 22.1 Å². The van der Waals surface area contributed by atoms with Crippen LogP contribution in [0.5, 0.6) is 5.75 Å². The molecular formula is C14H14Br2ClNOS. The van der Waals surface area contributed by atoms with E-state index in [2.05, 4.69) is 31.9 Å². The molecule has 0 saturated heterocycles. The SMILES string of the molecule is CCC(N)C(Oc1ccc(Br)cc1Br)c1ccc(Cl)s1. The third-order valence-electron chi connectivity index (χ3n) is 2.88. The van der Waals surface area contributed by atoms with Crippen LogP contribution in [0.25, 0.3) is 0 Å². The summed E-state index contributed by atoms with van der Waals surface area (Å²) in [5.41, 5.74) is 6.20. The van der Waals surface area contributed by atoms with E-state index in [1.807, 2.05) is 37.3 Å². The number of thiophene rings is 1. The summed E-state index contributed by atoms with van der Waals surface area (Å²) in [6.45, 7) is 2.05. The van der Waals surface area contributed by atoms with Crippen molar-refractivity contribution in [3.05, 3.63) is 48.5 Å². The van der Waals surface area contributed by atoms with Gasteiger partial charge in [0, 0.05) is 15.4 Å². The van der Waals surface area contributed by atoms with Gasteiger partial charge in [-0.2, -0.15) is 0 Å². The molecule has 108 valence electrons. The lowest BCUT2D eigenvalue weighted by atomic mass is 10.1. The lowest BCUT2D eigenvalue weighted by Gasteiger charge is -2.24. The number of rotatable bonds is 5. The van der Waals surface area contributed by atoms with Gasteiger partial charge in [-0.05, 0) is 52.7 Å². The van der Waals surface area contributed by atoms with E-state index in [-0.39, 0.29) is 12.1 Å². The van der Waals surface area contributed by atoms with Gasteiger partial charge in [-0.1, -0.05) is 34.5 Å². The van der Waals surface area contributed by atoms with Gasteiger partial charge in [0.05, 0.1) is 8.81 Å². The number of benzene rings is 1. The lowest BCUT2D eigenvalue weighted by Crippen LogP contribution is -2.31. The molecule has 0 bridgehead atoms. The van der Waals surface area contributed by atoms with Gasteiger partial charge in [0.25, 0.3) is 0 Å². The molecule has 20 heavy (non-hydrogen) atoms. The van der Waals surface area contributed by atoms with E-state index >= 15 is 0 Å². The molecule has 2 nitrogen and oxygen atoms in total. The summed E-state index contributed by atoms with van der Waals surface area (Å²) in [4.78, 5) is 1.04. The Labute approximate surface area is 144 Å². The Morgan fingerprint density at radius 2 is 2.05 bits per heavy atom. The Hall–Kier alpha value is -0.0700. The van der Waals surface area contributed by atoms with Gasteiger partial charge >= 0.3 is 0 Å². The molecule has 2 unspecified atom stereocenters. The zero-order chi connectivity index (χ0) is 14.7. The maximum atomic E-state index is 6.20. The average molecular weight is 440 g/mol. The molecule has 0 aliphatic heterocycles. The van der Waals surface area contributed by atoms with Crippen LogP contribution in [0.2, 0.25) is 4.34 Å². The summed E-state index contributed by atoms with van der Waals surface area (Å²) in [5, 5.41) is 0. The van der Waals surface area contributed by atoms with Gasteiger partial charge in [0.2, 0.25) is 0 Å². The maximum Gasteiger partial charge on any atom is 0.148 e. The van der Waals surface area contributed by atoms with Crippen molar-refractivity contribution in [1.29, 1.82) is 0 Å². The minimum Gasteiger partial charge on any atom is -0.482 e. The Morgan fingerprint density at radius 3 is 2.60 bits per heavy atom. The van der Waals surface area contributed by atoms with E-state index < -0.39 is 0 Å². The molecule has 0 saturated carbocycles. The Balaban J connectivity index is 2.28. The largest absolute Gasteiger partial charge is 0.482 e. The van der Waals surface area contributed by atoms with E-state index in [0.717, 1.165) is 30.3 Å². The van der Waals surface area contributed by atoms with Crippen LogP contribution in [0.1, 0.15) is 24.3 Å². The summed E-state index contributed by atoms with van der Waals surface area (Å²) < 4.78 is 8.74. The molecule has 1 aromatic carbocycles. The summed E-state index contributed by atoms with van der Waals surface area (Å²) in [7, 11) is 0. The lowest BCUT2D eigenvalue weighted by molar-refractivity contribution is 0.173. The third-order valence-corrected chi connectivity index (χ3v) is 5.29. The molecule has 2 aromatic rings. The molecule has 0 spiro atoms. The molecule has 0 fully saturated rings. The molecule has 2 N–H and O–H groups in total. The highest BCUT2D eigenvalue weighted by Gasteiger charge is 2.23. The Kier molecular flexibility index (Phi) is 5.93. The smallest absolute Gasteiger partial charge is 0.148 e. The number of halogens is 3. The van der Waals surface area contributed by atoms with Crippen molar-refractivity contribution in [2.45, 2.75) is 25.5 Å². The molecule has 0 amide bonds. The summed E-state index contributed by atoms with van der Waals surface area (Å²) in [6.07, 6.45) is 0.629. The van der Waals surface area contributed by atoms with Crippen molar-refractivity contribution in [3.63, 3.8) is 0 Å². The van der Waals surface area contributed by atoms with Crippen LogP contribution < -0.4 is 10.5 Å². The first-order valence-corrected chi connectivity index (χ1v) is 8.91. The fourth-order valence-electron chi connectivity index (χ4n) is 1.76. The van der Waals surface area contributed by atoms with E-state index in [0.29, 0.717) is 0 Å². The van der Waals surface area contributed by atoms with Crippen molar-refractivity contribution in [2.24, 2.45) is 5.73 Å². The van der Waals surface area contributed by atoms with Crippen molar-refractivity contribution >= 4 is 54.8 Å². The quantitative estimate of drug-likeness (QED) is 0.641. The van der Waals surface area contributed by atoms with Gasteiger partial charge < -0.3 is 10.5 Å². The summed E-state index contributed by atoms with van der Waals surface area (Å²) in [5.74, 6) is 0.770. The van der Waals surface area contributed by atoms with Crippen LogP contribution >= 0.6 is 54.8 Å². The first-order valence-electron chi connectivity index (χ1n) is 6.13. The van der Waals surface area contributed by atoms with E-state index in [1.165, 1.54) is 11.3 Å². The van der Waals surface area contributed by atoms with E-state index in [1.54, 1.807) is 0 Å². The highest BCUT2D eigenvalue weighted by molar-refractivity contribution is 9.11. The first-order chi connectivity index (χ1) is 9.51. The van der Waals surface area contributed by atoms with E-state index in [9.17, 15) is 0 Å². The standard InChI is InChI=1S/C14H14Br2ClNOS/c1-2-10(18)14(12-5-6-13(17)20-12)19-11-4-3-8(15)7-9(11)16/h3-7,10,14H,2,18H2,1H3. The monoisotopic (exact) mass is 437 g/mol. The molecule has 2 rings (SSSR count). The number of ether oxygens (including phenoxy) is 1.